The molecule has 1 aliphatic rings. The number of hydrogen-bond acceptors (Lipinski definition) is 2. The highest BCUT2D eigenvalue weighted by Crippen LogP contribution is 2.33. The Morgan fingerprint density at radius 3 is 2.19 bits per heavy atom. The zero-order chi connectivity index (χ0) is 19.1. The van der Waals surface area contributed by atoms with E-state index in [0.717, 1.165) is 53.6 Å². The number of halogens is 1. The standard InChI is InChI=1S/C24H33FN2/c1-3-5-18-7-9-19(10-8-18)11-14-22-15-16-24(27-26-22)21-13-12-20(6-4-2)23(25)17-21/h12-13,15-19H,3-11,14H2,1-2H3. The van der Waals surface area contributed by atoms with Gasteiger partial charge in [0.1, 0.15) is 5.82 Å². The van der Waals surface area contributed by atoms with E-state index in [2.05, 4.69) is 30.1 Å². The van der Waals surface area contributed by atoms with Crippen molar-refractivity contribution in [2.24, 2.45) is 11.8 Å². The summed E-state index contributed by atoms with van der Waals surface area (Å²) in [6.07, 6.45) is 12.2. The molecule has 3 heteroatoms. The molecule has 0 atom stereocenters. The summed E-state index contributed by atoms with van der Waals surface area (Å²) in [5.74, 6) is 1.67. The van der Waals surface area contributed by atoms with Crippen LogP contribution in [0.15, 0.2) is 30.3 Å². The summed E-state index contributed by atoms with van der Waals surface area (Å²) >= 11 is 0. The first-order valence-electron chi connectivity index (χ1n) is 10.8. The number of benzene rings is 1. The fourth-order valence-electron chi connectivity index (χ4n) is 4.39. The SMILES string of the molecule is CCCc1ccc(-c2ccc(CCC3CCC(CCC)CC3)nn2)cc1F. The van der Waals surface area contributed by atoms with Crippen LogP contribution in [-0.4, -0.2) is 10.2 Å². The van der Waals surface area contributed by atoms with Gasteiger partial charge in [0, 0.05) is 5.56 Å². The van der Waals surface area contributed by atoms with E-state index < -0.39 is 0 Å². The highest BCUT2D eigenvalue weighted by molar-refractivity contribution is 5.59. The van der Waals surface area contributed by atoms with Crippen LogP contribution in [0.3, 0.4) is 0 Å². The molecule has 0 bridgehead atoms. The molecule has 1 aliphatic carbocycles. The number of nitrogens with zero attached hydrogens (tertiary/aromatic N) is 2. The Balaban J connectivity index is 1.53. The van der Waals surface area contributed by atoms with Crippen LogP contribution in [0, 0.1) is 17.7 Å². The maximum absolute atomic E-state index is 14.2. The van der Waals surface area contributed by atoms with E-state index in [1.54, 1.807) is 6.07 Å². The first-order valence-corrected chi connectivity index (χ1v) is 10.8. The molecule has 1 saturated carbocycles. The molecule has 2 aromatic rings. The average Bonchev–Trinajstić information content (AvgIpc) is 2.70. The van der Waals surface area contributed by atoms with Crippen LogP contribution in [0.4, 0.5) is 4.39 Å². The summed E-state index contributed by atoms with van der Waals surface area (Å²) < 4.78 is 14.2. The Morgan fingerprint density at radius 1 is 0.852 bits per heavy atom. The quantitative estimate of drug-likeness (QED) is 0.513. The van der Waals surface area contributed by atoms with Crippen LogP contribution in [0.25, 0.3) is 11.3 Å². The monoisotopic (exact) mass is 368 g/mol. The zero-order valence-corrected chi connectivity index (χ0v) is 16.9. The molecule has 146 valence electrons. The largest absolute Gasteiger partial charge is 0.207 e. The lowest BCUT2D eigenvalue weighted by molar-refractivity contribution is 0.252. The molecule has 3 rings (SSSR count). The van der Waals surface area contributed by atoms with Gasteiger partial charge in [0.05, 0.1) is 11.4 Å². The maximum Gasteiger partial charge on any atom is 0.127 e. The van der Waals surface area contributed by atoms with Gasteiger partial charge in [0.15, 0.2) is 0 Å². The lowest BCUT2D eigenvalue weighted by Gasteiger charge is -2.28. The molecule has 0 radical (unpaired) electrons. The second-order valence-corrected chi connectivity index (χ2v) is 8.18. The summed E-state index contributed by atoms with van der Waals surface area (Å²) in [4.78, 5) is 0. The van der Waals surface area contributed by atoms with E-state index in [0.29, 0.717) is 0 Å². The van der Waals surface area contributed by atoms with Gasteiger partial charge in [0.2, 0.25) is 0 Å². The van der Waals surface area contributed by atoms with Crippen molar-refractivity contribution >= 4 is 0 Å². The fourth-order valence-corrected chi connectivity index (χ4v) is 4.39. The first kappa shape index (κ1) is 20.0. The van der Waals surface area contributed by atoms with Crippen molar-refractivity contribution in [1.29, 1.82) is 0 Å². The van der Waals surface area contributed by atoms with Gasteiger partial charge >= 0.3 is 0 Å². The fraction of sp³-hybridized carbons (Fsp3) is 0.583. The van der Waals surface area contributed by atoms with Gasteiger partial charge in [-0.05, 0) is 54.9 Å². The van der Waals surface area contributed by atoms with Crippen LogP contribution >= 0.6 is 0 Å². The molecule has 0 aliphatic heterocycles. The Hall–Kier alpha value is -1.77. The van der Waals surface area contributed by atoms with E-state index in [9.17, 15) is 4.39 Å². The third kappa shape index (κ3) is 5.60. The first-order chi connectivity index (χ1) is 13.2. The van der Waals surface area contributed by atoms with Crippen molar-refractivity contribution in [3.63, 3.8) is 0 Å². The molecule has 27 heavy (non-hydrogen) atoms. The summed E-state index contributed by atoms with van der Waals surface area (Å²) in [5.41, 5.74) is 3.39. The molecule has 0 saturated heterocycles. The lowest BCUT2D eigenvalue weighted by atomic mass is 9.78. The van der Waals surface area contributed by atoms with Gasteiger partial charge in [-0.25, -0.2) is 4.39 Å². The Labute approximate surface area is 163 Å². The van der Waals surface area contributed by atoms with Crippen LogP contribution in [-0.2, 0) is 12.8 Å². The summed E-state index contributed by atoms with van der Waals surface area (Å²) in [5, 5.41) is 8.75. The minimum atomic E-state index is -0.140. The molecule has 1 aromatic carbocycles. The van der Waals surface area contributed by atoms with Gasteiger partial charge < -0.3 is 0 Å². The van der Waals surface area contributed by atoms with Crippen LogP contribution < -0.4 is 0 Å². The van der Waals surface area contributed by atoms with Gasteiger partial charge in [-0.1, -0.05) is 70.9 Å². The summed E-state index contributed by atoms with van der Waals surface area (Å²) in [6.45, 7) is 4.36. The van der Waals surface area contributed by atoms with Crippen molar-refractivity contribution in [3.05, 3.63) is 47.4 Å². The molecular weight excluding hydrogens is 335 g/mol. The molecule has 1 aromatic heterocycles. The molecule has 2 nitrogen and oxygen atoms in total. The number of hydrogen-bond donors (Lipinski definition) is 0. The van der Waals surface area contributed by atoms with E-state index in [1.165, 1.54) is 44.9 Å². The van der Waals surface area contributed by atoms with Gasteiger partial charge in [-0.3, -0.25) is 0 Å². The second-order valence-electron chi connectivity index (χ2n) is 8.18. The maximum atomic E-state index is 14.2. The van der Waals surface area contributed by atoms with Gasteiger partial charge in [-0.15, -0.1) is 0 Å². The lowest BCUT2D eigenvalue weighted by Crippen LogP contribution is -2.15. The molecule has 0 N–H and O–H groups in total. The predicted octanol–water partition coefficient (Wildman–Crippen LogP) is 6.77. The number of aryl methyl sites for hydroxylation is 2. The van der Waals surface area contributed by atoms with Gasteiger partial charge in [0.25, 0.3) is 0 Å². The van der Waals surface area contributed by atoms with Crippen LogP contribution in [0.2, 0.25) is 0 Å². The molecule has 0 unspecified atom stereocenters. The Bertz CT molecular complexity index is 703. The minimum absolute atomic E-state index is 0.140. The van der Waals surface area contributed by atoms with Gasteiger partial charge in [-0.2, -0.15) is 10.2 Å². The predicted molar refractivity (Wildman–Crippen MR) is 110 cm³/mol. The Kier molecular flexibility index (Phi) is 7.37. The van der Waals surface area contributed by atoms with E-state index >= 15 is 0 Å². The second kappa shape index (κ2) is 9.96. The van der Waals surface area contributed by atoms with Crippen molar-refractivity contribution in [1.82, 2.24) is 10.2 Å². The summed E-state index contributed by atoms with van der Waals surface area (Å²) in [7, 11) is 0. The van der Waals surface area contributed by atoms with Crippen molar-refractivity contribution in [2.75, 3.05) is 0 Å². The highest BCUT2D eigenvalue weighted by atomic mass is 19.1. The third-order valence-electron chi connectivity index (χ3n) is 6.06. The topological polar surface area (TPSA) is 25.8 Å². The highest BCUT2D eigenvalue weighted by Gasteiger charge is 2.20. The van der Waals surface area contributed by atoms with Crippen molar-refractivity contribution < 1.29 is 4.39 Å². The number of aromatic nitrogens is 2. The third-order valence-corrected chi connectivity index (χ3v) is 6.06. The molecular formula is C24H33FN2. The van der Waals surface area contributed by atoms with Crippen LogP contribution in [0.5, 0.6) is 0 Å². The summed E-state index contributed by atoms with van der Waals surface area (Å²) in [6, 6.07) is 9.45. The molecule has 1 heterocycles. The molecule has 0 amide bonds. The van der Waals surface area contributed by atoms with E-state index in [-0.39, 0.29) is 5.82 Å². The Morgan fingerprint density at radius 2 is 1.59 bits per heavy atom. The zero-order valence-electron chi connectivity index (χ0n) is 16.9. The minimum Gasteiger partial charge on any atom is -0.207 e. The number of rotatable bonds is 8. The molecule has 1 fully saturated rings. The van der Waals surface area contributed by atoms with Crippen molar-refractivity contribution in [3.8, 4) is 11.3 Å². The van der Waals surface area contributed by atoms with Crippen molar-refractivity contribution in [2.45, 2.75) is 78.1 Å². The smallest absolute Gasteiger partial charge is 0.127 e. The van der Waals surface area contributed by atoms with E-state index in [1.807, 2.05) is 18.2 Å². The van der Waals surface area contributed by atoms with Crippen LogP contribution in [0.1, 0.15) is 76.5 Å². The van der Waals surface area contributed by atoms with E-state index in [4.69, 9.17) is 0 Å². The molecule has 0 spiro atoms. The normalized spacial score (nSPS) is 20.0. The average molecular weight is 369 g/mol.